The van der Waals surface area contributed by atoms with Crippen LogP contribution < -0.4 is 5.32 Å². The average molecular weight is 231 g/mol. The molecule has 1 fully saturated rings. The molecule has 4 heteroatoms. The molecule has 0 amide bonds. The molecule has 4 nitrogen and oxygen atoms in total. The van der Waals surface area contributed by atoms with Gasteiger partial charge in [-0.15, -0.1) is 0 Å². The van der Waals surface area contributed by atoms with Crippen LogP contribution in [0.1, 0.15) is 25.2 Å². The van der Waals surface area contributed by atoms with E-state index in [4.69, 9.17) is 0 Å². The quantitative estimate of drug-likeness (QED) is 0.829. The highest BCUT2D eigenvalue weighted by molar-refractivity contribution is 5.78. The molecule has 1 atom stereocenters. The van der Waals surface area contributed by atoms with Crippen LogP contribution in [-0.4, -0.2) is 27.7 Å². The summed E-state index contributed by atoms with van der Waals surface area (Å²) < 4.78 is 2.33. The molecule has 1 aliphatic rings. The smallest absolute Gasteiger partial charge is 0.117 e. The van der Waals surface area contributed by atoms with E-state index in [1.54, 1.807) is 12.1 Å². The maximum absolute atomic E-state index is 9.51. The molecule has 1 saturated heterocycles. The first kappa shape index (κ1) is 10.6. The number of aromatic hydroxyl groups is 1. The minimum absolute atomic E-state index is 0.286. The van der Waals surface area contributed by atoms with Crippen LogP contribution in [0.4, 0.5) is 0 Å². The highest BCUT2D eigenvalue weighted by atomic mass is 16.3. The molecule has 1 aromatic heterocycles. The van der Waals surface area contributed by atoms with Gasteiger partial charge in [0.15, 0.2) is 0 Å². The maximum Gasteiger partial charge on any atom is 0.117 e. The SMILES string of the molecule is CCc1nc2cc(O)ccc2n1C1CCNC1. The number of hydrogen-bond acceptors (Lipinski definition) is 3. The maximum atomic E-state index is 9.51. The van der Waals surface area contributed by atoms with E-state index in [9.17, 15) is 5.11 Å². The number of imidazole rings is 1. The van der Waals surface area contributed by atoms with Crippen molar-refractivity contribution in [1.82, 2.24) is 14.9 Å². The summed E-state index contributed by atoms with van der Waals surface area (Å²) in [5, 5.41) is 12.9. The van der Waals surface area contributed by atoms with Crippen LogP contribution in [0.15, 0.2) is 18.2 Å². The normalized spacial score (nSPS) is 20.2. The Balaban J connectivity index is 2.19. The van der Waals surface area contributed by atoms with E-state index in [0.29, 0.717) is 6.04 Å². The molecule has 17 heavy (non-hydrogen) atoms. The van der Waals surface area contributed by atoms with E-state index in [1.807, 2.05) is 6.07 Å². The van der Waals surface area contributed by atoms with Gasteiger partial charge in [0.05, 0.1) is 11.0 Å². The summed E-state index contributed by atoms with van der Waals surface area (Å²) in [6.45, 7) is 4.21. The van der Waals surface area contributed by atoms with Gasteiger partial charge in [0.2, 0.25) is 0 Å². The molecule has 90 valence electrons. The first-order valence-electron chi connectivity index (χ1n) is 6.20. The highest BCUT2D eigenvalue weighted by Crippen LogP contribution is 2.27. The molecule has 2 heterocycles. The second-order valence-electron chi connectivity index (χ2n) is 4.57. The Morgan fingerprint density at radius 2 is 2.41 bits per heavy atom. The molecular weight excluding hydrogens is 214 g/mol. The lowest BCUT2D eigenvalue weighted by Gasteiger charge is -2.15. The van der Waals surface area contributed by atoms with Gasteiger partial charge < -0.3 is 15.0 Å². The summed E-state index contributed by atoms with van der Waals surface area (Å²) in [5.41, 5.74) is 2.03. The summed E-state index contributed by atoms with van der Waals surface area (Å²) >= 11 is 0. The van der Waals surface area contributed by atoms with E-state index >= 15 is 0 Å². The minimum atomic E-state index is 0.286. The van der Waals surface area contributed by atoms with Crippen molar-refractivity contribution in [3.8, 4) is 5.75 Å². The molecule has 0 aliphatic carbocycles. The van der Waals surface area contributed by atoms with Crippen LogP contribution in [0, 0.1) is 0 Å². The van der Waals surface area contributed by atoms with Crippen molar-refractivity contribution >= 4 is 11.0 Å². The summed E-state index contributed by atoms with van der Waals surface area (Å²) in [6, 6.07) is 5.95. The van der Waals surface area contributed by atoms with Crippen molar-refractivity contribution in [3.05, 3.63) is 24.0 Å². The Bertz CT molecular complexity index is 541. The third-order valence-electron chi connectivity index (χ3n) is 3.46. The number of hydrogen-bond donors (Lipinski definition) is 2. The van der Waals surface area contributed by atoms with Crippen molar-refractivity contribution in [2.45, 2.75) is 25.8 Å². The number of fused-ring (bicyclic) bond motifs is 1. The van der Waals surface area contributed by atoms with Gasteiger partial charge in [0.25, 0.3) is 0 Å². The Labute approximate surface area is 100 Å². The molecule has 0 spiro atoms. The Hall–Kier alpha value is -1.55. The molecule has 3 rings (SSSR count). The number of benzene rings is 1. The first-order valence-corrected chi connectivity index (χ1v) is 6.20. The summed E-state index contributed by atoms with van der Waals surface area (Å²) in [7, 11) is 0. The number of aromatic nitrogens is 2. The molecule has 2 aromatic rings. The molecule has 1 aromatic carbocycles. The van der Waals surface area contributed by atoms with Crippen LogP contribution >= 0.6 is 0 Å². The highest BCUT2D eigenvalue weighted by Gasteiger charge is 2.21. The van der Waals surface area contributed by atoms with Crippen LogP contribution in [0.3, 0.4) is 0 Å². The lowest BCUT2D eigenvalue weighted by molar-refractivity contribution is 0.476. The fraction of sp³-hybridized carbons (Fsp3) is 0.462. The van der Waals surface area contributed by atoms with E-state index < -0.39 is 0 Å². The van der Waals surface area contributed by atoms with Crippen molar-refractivity contribution in [1.29, 1.82) is 0 Å². The van der Waals surface area contributed by atoms with Gasteiger partial charge >= 0.3 is 0 Å². The zero-order valence-electron chi connectivity index (χ0n) is 9.98. The van der Waals surface area contributed by atoms with E-state index in [0.717, 1.165) is 42.8 Å². The van der Waals surface area contributed by atoms with Crippen LogP contribution in [0.25, 0.3) is 11.0 Å². The Morgan fingerprint density at radius 3 is 3.12 bits per heavy atom. The predicted octanol–water partition coefficient (Wildman–Crippen LogP) is 1.84. The van der Waals surface area contributed by atoms with Crippen molar-refractivity contribution in [2.24, 2.45) is 0 Å². The summed E-state index contributed by atoms with van der Waals surface area (Å²) in [5.74, 6) is 1.40. The largest absolute Gasteiger partial charge is 0.508 e. The topological polar surface area (TPSA) is 50.1 Å². The van der Waals surface area contributed by atoms with Crippen LogP contribution in [0.2, 0.25) is 0 Å². The van der Waals surface area contributed by atoms with E-state index in [2.05, 4.69) is 21.8 Å². The second-order valence-corrected chi connectivity index (χ2v) is 4.57. The third kappa shape index (κ3) is 1.69. The average Bonchev–Trinajstić information content (AvgIpc) is 2.93. The van der Waals surface area contributed by atoms with Gasteiger partial charge in [-0.2, -0.15) is 0 Å². The third-order valence-corrected chi connectivity index (χ3v) is 3.46. The standard InChI is InChI=1S/C13H17N3O/c1-2-13-15-11-7-10(17)3-4-12(11)16(13)9-5-6-14-8-9/h3-4,7,9,14,17H,2,5-6,8H2,1H3. The number of rotatable bonds is 2. The Morgan fingerprint density at radius 1 is 1.53 bits per heavy atom. The number of nitrogens with one attached hydrogen (secondary N) is 1. The number of phenolic OH excluding ortho intramolecular Hbond substituents is 1. The summed E-state index contributed by atoms with van der Waals surface area (Å²) in [4.78, 5) is 4.61. The molecule has 1 unspecified atom stereocenters. The van der Waals surface area contributed by atoms with Gasteiger partial charge in [-0.3, -0.25) is 0 Å². The number of phenols is 1. The van der Waals surface area contributed by atoms with E-state index in [-0.39, 0.29) is 5.75 Å². The molecule has 2 N–H and O–H groups in total. The number of nitrogens with zero attached hydrogens (tertiary/aromatic N) is 2. The minimum Gasteiger partial charge on any atom is -0.508 e. The van der Waals surface area contributed by atoms with Crippen LogP contribution in [0.5, 0.6) is 5.75 Å². The fourth-order valence-electron chi connectivity index (χ4n) is 2.65. The molecular formula is C13H17N3O. The predicted molar refractivity (Wildman–Crippen MR) is 67.3 cm³/mol. The van der Waals surface area contributed by atoms with Crippen molar-refractivity contribution < 1.29 is 5.11 Å². The zero-order chi connectivity index (χ0) is 11.8. The zero-order valence-corrected chi connectivity index (χ0v) is 9.98. The monoisotopic (exact) mass is 231 g/mol. The van der Waals surface area contributed by atoms with E-state index in [1.165, 1.54) is 0 Å². The van der Waals surface area contributed by atoms with Gasteiger partial charge in [0.1, 0.15) is 11.6 Å². The van der Waals surface area contributed by atoms with Gasteiger partial charge in [-0.25, -0.2) is 4.98 Å². The molecule has 0 bridgehead atoms. The molecule has 1 aliphatic heterocycles. The van der Waals surface area contributed by atoms with Crippen LogP contribution in [-0.2, 0) is 6.42 Å². The van der Waals surface area contributed by atoms with Gasteiger partial charge in [-0.1, -0.05) is 6.92 Å². The second kappa shape index (κ2) is 4.04. The van der Waals surface area contributed by atoms with Crippen molar-refractivity contribution in [2.75, 3.05) is 13.1 Å². The molecule has 0 radical (unpaired) electrons. The van der Waals surface area contributed by atoms with Gasteiger partial charge in [0, 0.05) is 25.1 Å². The van der Waals surface area contributed by atoms with Crippen molar-refractivity contribution in [3.63, 3.8) is 0 Å². The van der Waals surface area contributed by atoms with Gasteiger partial charge in [-0.05, 0) is 25.1 Å². The lowest BCUT2D eigenvalue weighted by Crippen LogP contribution is -2.15. The first-order chi connectivity index (χ1) is 8.29. The Kier molecular flexibility index (Phi) is 2.52. The summed E-state index contributed by atoms with van der Waals surface area (Å²) in [6.07, 6.45) is 2.07. The fourth-order valence-corrected chi connectivity index (χ4v) is 2.65. The number of aryl methyl sites for hydroxylation is 1. The lowest BCUT2D eigenvalue weighted by atomic mass is 10.2. The molecule has 0 saturated carbocycles.